The molecule has 1 aromatic heterocycles. The van der Waals surface area contributed by atoms with Crippen molar-refractivity contribution in [1.29, 1.82) is 0 Å². The maximum atomic E-state index is 13.1. The molecule has 1 aliphatic heterocycles. The van der Waals surface area contributed by atoms with E-state index < -0.39 is 0 Å². The summed E-state index contributed by atoms with van der Waals surface area (Å²) in [6.45, 7) is 9.60. The Morgan fingerprint density at radius 2 is 2.11 bits per heavy atom. The van der Waals surface area contributed by atoms with Gasteiger partial charge in [-0.25, -0.2) is 4.68 Å². The number of benzene rings is 1. The summed E-state index contributed by atoms with van der Waals surface area (Å²) in [5.74, 6) is 0.185. The summed E-state index contributed by atoms with van der Waals surface area (Å²) in [4.78, 5) is 13.1. The first-order valence-corrected chi connectivity index (χ1v) is 10.0. The van der Waals surface area contributed by atoms with Crippen LogP contribution in [0.4, 0.5) is 0 Å². The molecule has 0 saturated carbocycles. The summed E-state index contributed by atoms with van der Waals surface area (Å²) in [6.07, 6.45) is 2.17. The largest absolute Gasteiger partial charge is 0.376 e. The number of amides is 1. The van der Waals surface area contributed by atoms with Crippen LogP contribution in [0.1, 0.15) is 74.1 Å². The second kappa shape index (κ2) is 8.44. The molecule has 5 nitrogen and oxygen atoms in total. The number of nitrogens with one attached hydrogen (secondary N) is 1. The molecule has 1 aliphatic rings. The summed E-state index contributed by atoms with van der Waals surface area (Å²) in [7, 11) is 0. The first-order valence-electron chi connectivity index (χ1n) is 9.67. The van der Waals surface area contributed by atoms with Crippen LogP contribution in [0, 0.1) is 0 Å². The predicted molar refractivity (Wildman–Crippen MR) is 108 cm³/mol. The molecule has 1 N–H and O–H groups in total. The van der Waals surface area contributed by atoms with E-state index in [0.29, 0.717) is 17.1 Å². The fourth-order valence-corrected chi connectivity index (χ4v) is 3.71. The lowest BCUT2D eigenvalue weighted by Crippen LogP contribution is -2.33. The van der Waals surface area contributed by atoms with Crippen LogP contribution in [-0.2, 0) is 4.74 Å². The lowest BCUT2D eigenvalue weighted by Gasteiger charge is -2.15. The average Bonchev–Trinajstić information content (AvgIpc) is 3.27. The minimum atomic E-state index is -0.0776. The van der Waals surface area contributed by atoms with Gasteiger partial charge in [-0.05, 0) is 42.9 Å². The molecular weight excluding hydrogens is 362 g/mol. The van der Waals surface area contributed by atoms with Crippen LogP contribution in [0.2, 0.25) is 5.02 Å². The van der Waals surface area contributed by atoms with Gasteiger partial charge in [-0.15, -0.1) is 0 Å². The molecule has 0 aliphatic carbocycles. The third kappa shape index (κ3) is 4.36. The van der Waals surface area contributed by atoms with E-state index in [1.165, 1.54) is 0 Å². The molecule has 1 fully saturated rings. The average molecular weight is 390 g/mol. The van der Waals surface area contributed by atoms with E-state index in [-0.39, 0.29) is 23.8 Å². The number of aromatic nitrogens is 2. The molecule has 1 atom stereocenters. The standard InChI is InChI=1S/C21H28ClN3O2/c1-13(2)19-18(21(26)23-12-17-9-6-10-27-17)20(14(3)4)25(24-19)16-8-5-7-15(22)11-16/h5,7-8,11,13-14,17H,6,9-10,12H2,1-4H3,(H,23,26)/t17-/m1/s1. The van der Waals surface area contributed by atoms with Gasteiger partial charge in [0.15, 0.2) is 0 Å². The van der Waals surface area contributed by atoms with Gasteiger partial charge >= 0.3 is 0 Å². The number of carbonyl (C=O) groups is 1. The molecule has 1 aromatic carbocycles. The summed E-state index contributed by atoms with van der Waals surface area (Å²) in [6, 6.07) is 7.57. The molecule has 0 unspecified atom stereocenters. The molecule has 146 valence electrons. The first kappa shape index (κ1) is 19.9. The van der Waals surface area contributed by atoms with E-state index in [2.05, 4.69) is 33.0 Å². The van der Waals surface area contributed by atoms with Gasteiger partial charge in [0.25, 0.3) is 5.91 Å². The second-order valence-corrected chi connectivity index (χ2v) is 8.13. The summed E-state index contributed by atoms with van der Waals surface area (Å²) >= 11 is 6.19. The van der Waals surface area contributed by atoms with Crippen molar-refractivity contribution in [2.75, 3.05) is 13.2 Å². The van der Waals surface area contributed by atoms with Crippen molar-refractivity contribution < 1.29 is 9.53 Å². The maximum absolute atomic E-state index is 13.1. The van der Waals surface area contributed by atoms with Crippen molar-refractivity contribution in [3.63, 3.8) is 0 Å². The van der Waals surface area contributed by atoms with Crippen LogP contribution >= 0.6 is 11.6 Å². The smallest absolute Gasteiger partial charge is 0.255 e. The van der Waals surface area contributed by atoms with Crippen molar-refractivity contribution in [3.8, 4) is 5.69 Å². The number of carbonyl (C=O) groups excluding carboxylic acids is 1. The van der Waals surface area contributed by atoms with Crippen LogP contribution in [0.3, 0.4) is 0 Å². The van der Waals surface area contributed by atoms with Gasteiger partial charge in [0, 0.05) is 18.2 Å². The zero-order valence-electron chi connectivity index (χ0n) is 16.5. The van der Waals surface area contributed by atoms with Crippen molar-refractivity contribution in [1.82, 2.24) is 15.1 Å². The fraction of sp³-hybridized carbons (Fsp3) is 0.524. The van der Waals surface area contributed by atoms with E-state index in [1.54, 1.807) is 0 Å². The zero-order chi connectivity index (χ0) is 19.6. The van der Waals surface area contributed by atoms with E-state index in [9.17, 15) is 4.79 Å². The van der Waals surface area contributed by atoms with Crippen LogP contribution in [0.5, 0.6) is 0 Å². The Bertz CT molecular complexity index is 808. The van der Waals surface area contributed by atoms with Crippen molar-refractivity contribution in [2.45, 2.75) is 58.5 Å². The number of nitrogens with zero attached hydrogens (tertiary/aromatic N) is 2. The van der Waals surface area contributed by atoms with Crippen LogP contribution in [0.25, 0.3) is 5.69 Å². The Labute approximate surface area is 166 Å². The Morgan fingerprint density at radius 1 is 1.33 bits per heavy atom. The SMILES string of the molecule is CC(C)c1nn(-c2cccc(Cl)c2)c(C(C)C)c1C(=O)NC[C@H]1CCCO1. The molecule has 3 rings (SSSR count). The molecule has 0 spiro atoms. The van der Waals surface area contributed by atoms with Gasteiger partial charge in [0.05, 0.1) is 28.7 Å². The number of rotatable bonds is 6. The van der Waals surface area contributed by atoms with Gasteiger partial charge in [-0.2, -0.15) is 5.10 Å². The highest BCUT2D eigenvalue weighted by molar-refractivity contribution is 6.30. The highest BCUT2D eigenvalue weighted by atomic mass is 35.5. The molecule has 0 bridgehead atoms. The molecule has 1 amide bonds. The molecule has 2 aromatic rings. The summed E-state index contributed by atoms with van der Waals surface area (Å²) < 4.78 is 7.50. The molecule has 0 radical (unpaired) electrons. The minimum absolute atomic E-state index is 0.0776. The predicted octanol–water partition coefficient (Wildman–Crippen LogP) is 4.68. The lowest BCUT2D eigenvalue weighted by atomic mass is 9.98. The molecular formula is C21H28ClN3O2. The monoisotopic (exact) mass is 389 g/mol. The van der Waals surface area contributed by atoms with Crippen LogP contribution in [0.15, 0.2) is 24.3 Å². The van der Waals surface area contributed by atoms with Gasteiger partial charge in [-0.1, -0.05) is 45.4 Å². The normalized spacial score (nSPS) is 17.1. The van der Waals surface area contributed by atoms with Crippen LogP contribution < -0.4 is 5.32 Å². The highest BCUT2D eigenvalue weighted by Gasteiger charge is 2.28. The third-order valence-corrected chi connectivity index (χ3v) is 5.07. The maximum Gasteiger partial charge on any atom is 0.255 e. The molecule has 6 heteroatoms. The fourth-order valence-electron chi connectivity index (χ4n) is 3.52. The van der Waals surface area contributed by atoms with Crippen molar-refractivity contribution >= 4 is 17.5 Å². The summed E-state index contributed by atoms with van der Waals surface area (Å²) in [5.41, 5.74) is 3.26. The molecule has 1 saturated heterocycles. The van der Waals surface area contributed by atoms with Crippen LogP contribution in [-0.4, -0.2) is 34.9 Å². The topological polar surface area (TPSA) is 56.2 Å². The zero-order valence-corrected chi connectivity index (χ0v) is 17.2. The van der Waals surface area contributed by atoms with Gasteiger partial charge in [0.2, 0.25) is 0 Å². The minimum Gasteiger partial charge on any atom is -0.376 e. The van der Waals surface area contributed by atoms with E-state index in [4.69, 9.17) is 21.4 Å². The van der Waals surface area contributed by atoms with Gasteiger partial charge in [-0.3, -0.25) is 4.79 Å². The first-order chi connectivity index (χ1) is 12.9. The van der Waals surface area contributed by atoms with Gasteiger partial charge in [0.1, 0.15) is 0 Å². The lowest BCUT2D eigenvalue weighted by molar-refractivity contribution is 0.0855. The number of halogens is 1. The number of hydrogen-bond donors (Lipinski definition) is 1. The van der Waals surface area contributed by atoms with Crippen molar-refractivity contribution in [2.24, 2.45) is 0 Å². The van der Waals surface area contributed by atoms with Gasteiger partial charge < -0.3 is 10.1 Å². The summed E-state index contributed by atoms with van der Waals surface area (Å²) in [5, 5.41) is 8.52. The Morgan fingerprint density at radius 3 is 2.70 bits per heavy atom. The Kier molecular flexibility index (Phi) is 6.22. The Balaban J connectivity index is 2.01. The number of hydrogen-bond acceptors (Lipinski definition) is 3. The quantitative estimate of drug-likeness (QED) is 0.780. The number of ether oxygens (including phenoxy) is 1. The second-order valence-electron chi connectivity index (χ2n) is 7.69. The molecule has 2 heterocycles. The molecule has 27 heavy (non-hydrogen) atoms. The van der Waals surface area contributed by atoms with E-state index >= 15 is 0 Å². The van der Waals surface area contributed by atoms with Crippen molar-refractivity contribution in [3.05, 3.63) is 46.2 Å². The Hall–Kier alpha value is -1.85. The third-order valence-electron chi connectivity index (χ3n) is 4.84. The van der Waals surface area contributed by atoms with E-state index in [1.807, 2.05) is 28.9 Å². The highest BCUT2D eigenvalue weighted by Crippen LogP contribution is 2.30. The van der Waals surface area contributed by atoms with E-state index in [0.717, 1.165) is 36.5 Å².